The van der Waals surface area contributed by atoms with Gasteiger partial charge in [-0.2, -0.15) is 0 Å². The number of aromatic nitrogens is 1. The Bertz CT molecular complexity index is 654. The number of nitrogens with zero attached hydrogens (tertiary/aromatic N) is 1. The number of nitrogens with two attached hydrogens (primary N) is 1. The smallest absolute Gasteiger partial charge is 0.115 e. The highest BCUT2D eigenvalue weighted by molar-refractivity contribution is 7.14. The standard InChI is InChI=1S/C15H14N2S2/c1-10-4-6-11(7-5-10)14(16)15-17-12(9-19-15)13-3-2-8-18-13/h2-9,14H,16H2,1H3. The van der Waals surface area contributed by atoms with Gasteiger partial charge >= 0.3 is 0 Å². The van der Waals surface area contributed by atoms with Crippen LogP contribution in [0, 0.1) is 6.92 Å². The first-order valence-electron chi connectivity index (χ1n) is 6.05. The lowest BCUT2D eigenvalue weighted by Gasteiger charge is -2.08. The number of thiazole rings is 1. The number of benzene rings is 1. The van der Waals surface area contributed by atoms with Crippen molar-refractivity contribution in [1.29, 1.82) is 0 Å². The fraction of sp³-hybridized carbons (Fsp3) is 0.133. The first-order chi connectivity index (χ1) is 9.24. The first kappa shape index (κ1) is 12.5. The lowest BCUT2D eigenvalue weighted by atomic mass is 10.1. The summed E-state index contributed by atoms with van der Waals surface area (Å²) in [4.78, 5) is 5.85. The van der Waals surface area contributed by atoms with Crippen LogP contribution in [0.1, 0.15) is 22.2 Å². The van der Waals surface area contributed by atoms with Gasteiger partial charge in [0.15, 0.2) is 0 Å². The number of aryl methyl sites for hydroxylation is 1. The average Bonchev–Trinajstić information content (AvgIpc) is 3.10. The molecule has 0 radical (unpaired) electrons. The van der Waals surface area contributed by atoms with Crippen LogP contribution in [0.25, 0.3) is 10.6 Å². The molecule has 2 heterocycles. The van der Waals surface area contributed by atoms with Crippen LogP contribution in [0.5, 0.6) is 0 Å². The van der Waals surface area contributed by atoms with E-state index in [9.17, 15) is 0 Å². The molecule has 0 fully saturated rings. The number of hydrogen-bond donors (Lipinski definition) is 1. The highest BCUT2D eigenvalue weighted by Gasteiger charge is 2.14. The number of rotatable bonds is 3. The van der Waals surface area contributed by atoms with Gasteiger partial charge in [0.05, 0.1) is 16.6 Å². The van der Waals surface area contributed by atoms with Gasteiger partial charge in [0, 0.05) is 5.38 Å². The van der Waals surface area contributed by atoms with Crippen molar-refractivity contribution in [2.45, 2.75) is 13.0 Å². The fourth-order valence-electron chi connectivity index (χ4n) is 1.88. The van der Waals surface area contributed by atoms with Crippen molar-refractivity contribution in [3.63, 3.8) is 0 Å². The number of hydrogen-bond acceptors (Lipinski definition) is 4. The predicted octanol–water partition coefficient (Wildman–Crippen LogP) is 4.23. The van der Waals surface area contributed by atoms with Gasteiger partial charge in [0.25, 0.3) is 0 Å². The second-order valence-corrected chi connectivity index (χ2v) is 6.27. The summed E-state index contributed by atoms with van der Waals surface area (Å²) in [5, 5.41) is 5.11. The molecule has 2 aromatic heterocycles. The quantitative estimate of drug-likeness (QED) is 0.782. The lowest BCUT2D eigenvalue weighted by Crippen LogP contribution is -2.11. The van der Waals surface area contributed by atoms with E-state index in [1.165, 1.54) is 10.4 Å². The average molecular weight is 286 g/mol. The van der Waals surface area contributed by atoms with Crippen LogP contribution in [-0.4, -0.2) is 4.98 Å². The van der Waals surface area contributed by atoms with Crippen molar-refractivity contribution < 1.29 is 0 Å². The van der Waals surface area contributed by atoms with Crippen molar-refractivity contribution in [3.05, 3.63) is 63.3 Å². The molecule has 4 heteroatoms. The predicted molar refractivity (Wildman–Crippen MR) is 82.6 cm³/mol. The fourth-order valence-corrected chi connectivity index (χ4v) is 3.49. The Balaban J connectivity index is 1.88. The van der Waals surface area contributed by atoms with E-state index in [1.807, 2.05) is 6.07 Å². The monoisotopic (exact) mass is 286 g/mol. The van der Waals surface area contributed by atoms with E-state index in [-0.39, 0.29) is 6.04 Å². The Morgan fingerprint density at radius 1 is 1.11 bits per heavy atom. The molecule has 0 spiro atoms. The lowest BCUT2D eigenvalue weighted by molar-refractivity contribution is 0.858. The SMILES string of the molecule is Cc1ccc(C(N)c2nc(-c3cccs3)cs2)cc1. The summed E-state index contributed by atoms with van der Waals surface area (Å²) >= 11 is 3.33. The van der Waals surface area contributed by atoms with E-state index >= 15 is 0 Å². The minimum Gasteiger partial charge on any atom is -0.318 e. The van der Waals surface area contributed by atoms with Gasteiger partial charge < -0.3 is 5.73 Å². The van der Waals surface area contributed by atoms with Crippen molar-refractivity contribution in [2.24, 2.45) is 5.73 Å². The molecular formula is C15H14N2S2. The molecule has 2 N–H and O–H groups in total. The van der Waals surface area contributed by atoms with Gasteiger partial charge in [0.2, 0.25) is 0 Å². The zero-order chi connectivity index (χ0) is 13.2. The normalized spacial score (nSPS) is 12.5. The van der Waals surface area contributed by atoms with Gasteiger partial charge in [-0.15, -0.1) is 22.7 Å². The summed E-state index contributed by atoms with van der Waals surface area (Å²) in [6, 6.07) is 12.3. The van der Waals surface area contributed by atoms with Crippen LogP contribution in [0.4, 0.5) is 0 Å². The molecule has 0 aliphatic heterocycles. The third-order valence-electron chi connectivity index (χ3n) is 3.00. The molecule has 0 saturated heterocycles. The molecule has 0 saturated carbocycles. The van der Waals surface area contributed by atoms with E-state index in [0.717, 1.165) is 16.3 Å². The van der Waals surface area contributed by atoms with Crippen LogP contribution in [-0.2, 0) is 0 Å². The van der Waals surface area contributed by atoms with E-state index in [1.54, 1.807) is 22.7 Å². The molecule has 1 atom stereocenters. The molecule has 96 valence electrons. The maximum Gasteiger partial charge on any atom is 0.115 e. The van der Waals surface area contributed by atoms with Crippen molar-refractivity contribution in [1.82, 2.24) is 4.98 Å². The molecule has 3 rings (SSSR count). The molecule has 2 nitrogen and oxygen atoms in total. The Morgan fingerprint density at radius 3 is 2.58 bits per heavy atom. The largest absolute Gasteiger partial charge is 0.318 e. The Labute approximate surface area is 120 Å². The van der Waals surface area contributed by atoms with Crippen LogP contribution in [0.3, 0.4) is 0 Å². The van der Waals surface area contributed by atoms with E-state index in [4.69, 9.17) is 5.73 Å². The van der Waals surface area contributed by atoms with Crippen molar-refractivity contribution in [2.75, 3.05) is 0 Å². The minimum atomic E-state index is -0.140. The minimum absolute atomic E-state index is 0.140. The summed E-state index contributed by atoms with van der Waals surface area (Å²) in [6.45, 7) is 2.08. The molecule has 3 aromatic rings. The van der Waals surface area contributed by atoms with Gasteiger partial charge in [0.1, 0.15) is 5.01 Å². The van der Waals surface area contributed by atoms with Gasteiger partial charge in [-0.3, -0.25) is 0 Å². The molecule has 19 heavy (non-hydrogen) atoms. The van der Waals surface area contributed by atoms with Gasteiger partial charge in [-0.1, -0.05) is 35.9 Å². The molecular weight excluding hydrogens is 272 g/mol. The maximum absolute atomic E-state index is 6.28. The topological polar surface area (TPSA) is 38.9 Å². The zero-order valence-electron chi connectivity index (χ0n) is 10.5. The van der Waals surface area contributed by atoms with Crippen LogP contribution in [0.2, 0.25) is 0 Å². The first-order valence-corrected chi connectivity index (χ1v) is 7.81. The highest BCUT2D eigenvalue weighted by Crippen LogP contribution is 2.30. The molecule has 0 amide bonds. The second kappa shape index (κ2) is 5.25. The van der Waals surface area contributed by atoms with Crippen molar-refractivity contribution >= 4 is 22.7 Å². The molecule has 0 aliphatic carbocycles. The third-order valence-corrected chi connectivity index (χ3v) is 4.82. The number of thiophene rings is 1. The molecule has 0 bridgehead atoms. The Morgan fingerprint density at radius 2 is 1.89 bits per heavy atom. The Kier molecular flexibility index (Phi) is 3.46. The van der Waals surface area contributed by atoms with Crippen LogP contribution in [0.15, 0.2) is 47.2 Å². The van der Waals surface area contributed by atoms with E-state index in [2.05, 4.69) is 53.0 Å². The summed E-state index contributed by atoms with van der Waals surface area (Å²) < 4.78 is 0. The maximum atomic E-state index is 6.28. The van der Waals surface area contributed by atoms with E-state index in [0.29, 0.717) is 0 Å². The zero-order valence-corrected chi connectivity index (χ0v) is 12.2. The molecule has 0 aliphatic rings. The van der Waals surface area contributed by atoms with Crippen LogP contribution >= 0.6 is 22.7 Å². The Hall–Kier alpha value is -1.49. The van der Waals surface area contributed by atoms with Crippen LogP contribution < -0.4 is 5.73 Å². The molecule has 1 aromatic carbocycles. The van der Waals surface area contributed by atoms with Gasteiger partial charge in [-0.25, -0.2) is 4.98 Å². The summed E-state index contributed by atoms with van der Waals surface area (Å²) in [6.07, 6.45) is 0. The van der Waals surface area contributed by atoms with E-state index < -0.39 is 0 Å². The van der Waals surface area contributed by atoms with Crippen molar-refractivity contribution in [3.8, 4) is 10.6 Å². The summed E-state index contributed by atoms with van der Waals surface area (Å²) in [5.74, 6) is 0. The molecule has 1 unspecified atom stereocenters. The summed E-state index contributed by atoms with van der Waals surface area (Å²) in [5.41, 5.74) is 9.66. The van der Waals surface area contributed by atoms with Gasteiger partial charge in [-0.05, 0) is 23.9 Å². The summed E-state index contributed by atoms with van der Waals surface area (Å²) in [7, 11) is 0. The highest BCUT2D eigenvalue weighted by atomic mass is 32.1. The third kappa shape index (κ3) is 2.61. The second-order valence-electron chi connectivity index (χ2n) is 4.44.